The predicted molar refractivity (Wildman–Crippen MR) is 68.0 cm³/mol. The van der Waals surface area contributed by atoms with Gasteiger partial charge in [0.15, 0.2) is 0 Å². The Balaban J connectivity index is 3.06. The first kappa shape index (κ1) is 13.8. The van der Waals surface area contributed by atoms with Crippen molar-refractivity contribution in [3.05, 3.63) is 35.1 Å². The van der Waals surface area contributed by atoms with E-state index in [1.807, 2.05) is 13.8 Å². The van der Waals surface area contributed by atoms with Crippen molar-refractivity contribution in [1.82, 2.24) is 0 Å². The number of rotatable bonds is 5. The number of hydrogen-bond acceptors (Lipinski definition) is 3. The summed E-state index contributed by atoms with van der Waals surface area (Å²) in [5, 5.41) is 0. The number of ether oxygens (including phenoxy) is 1. The minimum atomic E-state index is -0.268. The van der Waals surface area contributed by atoms with Crippen molar-refractivity contribution in [3.63, 3.8) is 0 Å². The van der Waals surface area contributed by atoms with Gasteiger partial charge in [0.05, 0.1) is 12.7 Å². The van der Waals surface area contributed by atoms with Crippen molar-refractivity contribution >= 4 is 5.71 Å². The molecule has 0 aliphatic heterocycles. The van der Waals surface area contributed by atoms with Crippen molar-refractivity contribution in [1.29, 1.82) is 0 Å². The summed E-state index contributed by atoms with van der Waals surface area (Å²) in [6.45, 7) is 4.69. The summed E-state index contributed by atoms with van der Waals surface area (Å²) in [6, 6.07) is 4.66. The second kappa shape index (κ2) is 6.47. The van der Waals surface area contributed by atoms with Crippen LogP contribution in [0, 0.1) is 5.82 Å². The summed E-state index contributed by atoms with van der Waals surface area (Å²) in [5.74, 6) is -0.268. The van der Waals surface area contributed by atoms with Gasteiger partial charge in [-0.25, -0.2) is 4.39 Å². The summed E-state index contributed by atoms with van der Waals surface area (Å²) in [5.41, 5.74) is 7.97. The molecule has 94 valence electrons. The van der Waals surface area contributed by atoms with Crippen molar-refractivity contribution in [3.8, 4) is 0 Å². The van der Waals surface area contributed by atoms with Crippen LogP contribution in [0.2, 0.25) is 0 Å². The van der Waals surface area contributed by atoms with Crippen molar-refractivity contribution in [2.24, 2.45) is 10.7 Å². The molecule has 1 rings (SSSR count). The minimum absolute atomic E-state index is 0.194. The Bertz CT molecular complexity index is 404. The van der Waals surface area contributed by atoms with Crippen LogP contribution in [-0.2, 0) is 4.74 Å². The Morgan fingerprint density at radius 1 is 1.53 bits per heavy atom. The van der Waals surface area contributed by atoms with Crippen LogP contribution in [0.5, 0.6) is 0 Å². The number of halogens is 1. The van der Waals surface area contributed by atoms with Gasteiger partial charge in [0.1, 0.15) is 5.82 Å². The third kappa shape index (κ3) is 3.61. The summed E-state index contributed by atoms with van der Waals surface area (Å²) >= 11 is 0. The van der Waals surface area contributed by atoms with Gasteiger partial charge in [-0.2, -0.15) is 0 Å². The van der Waals surface area contributed by atoms with E-state index in [0.717, 1.165) is 16.8 Å². The van der Waals surface area contributed by atoms with E-state index in [4.69, 9.17) is 10.5 Å². The number of aliphatic imine (C=N–C) groups is 1. The number of benzene rings is 1. The van der Waals surface area contributed by atoms with Crippen LogP contribution in [0.25, 0.3) is 0 Å². The fourth-order valence-corrected chi connectivity index (χ4v) is 1.65. The highest BCUT2D eigenvalue weighted by Crippen LogP contribution is 2.23. The van der Waals surface area contributed by atoms with Gasteiger partial charge < -0.3 is 10.5 Å². The summed E-state index contributed by atoms with van der Waals surface area (Å²) in [6.07, 6.45) is -0.194. The fourth-order valence-electron chi connectivity index (χ4n) is 1.65. The average Bonchev–Trinajstić information content (AvgIpc) is 2.34. The first-order valence-corrected chi connectivity index (χ1v) is 5.65. The highest BCUT2D eigenvalue weighted by Gasteiger charge is 2.13. The molecule has 0 saturated carbocycles. The Kier molecular flexibility index (Phi) is 5.25. The molecule has 3 nitrogen and oxygen atoms in total. The van der Waals surface area contributed by atoms with Crippen LogP contribution >= 0.6 is 0 Å². The Hall–Kier alpha value is -1.26. The van der Waals surface area contributed by atoms with Crippen LogP contribution in [0.3, 0.4) is 0 Å². The van der Waals surface area contributed by atoms with Gasteiger partial charge in [0, 0.05) is 24.9 Å². The molecule has 0 aromatic heterocycles. The van der Waals surface area contributed by atoms with Crippen LogP contribution in [-0.4, -0.2) is 25.9 Å². The van der Waals surface area contributed by atoms with Crippen molar-refractivity contribution in [2.75, 3.05) is 20.2 Å². The Morgan fingerprint density at radius 3 is 2.82 bits per heavy atom. The zero-order valence-corrected chi connectivity index (χ0v) is 10.5. The van der Waals surface area contributed by atoms with E-state index in [9.17, 15) is 4.39 Å². The highest BCUT2D eigenvalue weighted by atomic mass is 19.1. The monoisotopic (exact) mass is 238 g/mol. The standard InChI is InChI=1S/C13H19FN2O/c1-9(16-3)12-5-4-11(14)8-13(12)10(2)17-7-6-15/h4-5,8,10H,6-7,15H2,1-3H3. The van der Waals surface area contributed by atoms with Crippen LogP contribution in [0.15, 0.2) is 23.2 Å². The van der Waals surface area contributed by atoms with E-state index >= 15 is 0 Å². The third-order valence-corrected chi connectivity index (χ3v) is 2.66. The van der Waals surface area contributed by atoms with Crippen molar-refractivity contribution < 1.29 is 9.13 Å². The summed E-state index contributed by atoms with van der Waals surface area (Å²) in [7, 11) is 1.72. The van der Waals surface area contributed by atoms with E-state index in [0.29, 0.717) is 13.2 Å². The second-order valence-electron chi connectivity index (χ2n) is 3.84. The molecule has 0 amide bonds. The molecule has 17 heavy (non-hydrogen) atoms. The molecule has 0 saturated heterocycles. The van der Waals surface area contributed by atoms with E-state index < -0.39 is 0 Å². The SMILES string of the molecule is CN=C(C)c1ccc(F)cc1C(C)OCCN. The maximum Gasteiger partial charge on any atom is 0.123 e. The van der Waals surface area contributed by atoms with Crippen LogP contribution in [0.4, 0.5) is 4.39 Å². The van der Waals surface area contributed by atoms with E-state index in [2.05, 4.69) is 4.99 Å². The number of nitrogens with zero attached hydrogens (tertiary/aromatic N) is 1. The molecular formula is C13H19FN2O. The molecule has 0 radical (unpaired) electrons. The zero-order valence-electron chi connectivity index (χ0n) is 10.5. The second-order valence-corrected chi connectivity index (χ2v) is 3.84. The van der Waals surface area contributed by atoms with E-state index in [1.54, 1.807) is 13.1 Å². The molecule has 0 spiro atoms. The normalized spacial score (nSPS) is 13.8. The molecule has 0 aliphatic carbocycles. The van der Waals surface area contributed by atoms with E-state index in [-0.39, 0.29) is 11.9 Å². The third-order valence-electron chi connectivity index (χ3n) is 2.66. The first-order chi connectivity index (χ1) is 8.10. The Morgan fingerprint density at radius 2 is 2.24 bits per heavy atom. The lowest BCUT2D eigenvalue weighted by Gasteiger charge is -2.17. The highest BCUT2D eigenvalue weighted by molar-refractivity contribution is 6.00. The van der Waals surface area contributed by atoms with Gasteiger partial charge in [-0.1, -0.05) is 0 Å². The largest absolute Gasteiger partial charge is 0.372 e. The molecule has 4 heteroatoms. The molecule has 1 aromatic carbocycles. The molecule has 0 fully saturated rings. The first-order valence-electron chi connectivity index (χ1n) is 5.65. The topological polar surface area (TPSA) is 47.6 Å². The molecule has 1 atom stereocenters. The molecule has 0 heterocycles. The van der Waals surface area contributed by atoms with Gasteiger partial charge in [-0.05, 0) is 37.6 Å². The fraction of sp³-hybridized carbons (Fsp3) is 0.462. The van der Waals surface area contributed by atoms with Crippen LogP contribution in [0.1, 0.15) is 31.1 Å². The summed E-state index contributed by atoms with van der Waals surface area (Å²) < 4.78 is 18.8. The lowest BCUT2D eigenvalue weighted by atomic mass is 9.99. The average molecular weight is 238 g/mol. The zero-order chi connectivity index (χ0) is 12.8. The predicted octanol–water partition coefficient (Wildman–Crippen LogP) is 2.30. The lowest BCUT2D eigenvalue weighted by Crippen LogP contribution is -2.13. The number of nitrogens with two attached hydrogens (primary N) is 1. The van der Waals surface area contributed by atoms with Gasteiger partial charge >= 0.3 is 0 Å². The van der Waals surface area contributed by atoms with Crippen LogP contribution < -0.4 is 5.73 Å². The molecule has 2 N–H and O–H groups in total. The minimum Gasteiger partial charge on any atom is -0.372 e. The maximum absolute atomic E-state index is 13.3. The van der Waals surface area contributed by atoms with Crippen molar-refractivity contribution in [2.45, 2.75) is 20.0 Å². The van der Waals surface area contributed by atoms with Gasteiger partial charge in [0.25, 0.3) is 0 Å². The number of hydrogen-bond donors (Lipinski definition) is 1. The summed E-state index contributed by atoms with van der Waals surface area (Å²) in [4.78, 5) is 4.13. The van der Waals surface area contributed by atoms with E-state index in [1.165, 1.54) is 12.1 Å². The molecule has 0 bridgehead atoms. The molecule has 0 aliphatic rings. The molecular weight excluding hydrogens is 219 g/mol. The molecule has 1 unspecified atom stereocenters. The lowest BCUT2D eigenvalue weighted by molar-refractivity contribution is 0.0715. The quantitative estimate of drug-likeness (QED) is 0.800. The maximum atomic E-state index is 13.3. The van der Waals surface area contributed by atoms with Gasteiger partial charge in [-0.3, -0.25) is 4.99 Å². The molecule has 1 aromatic rings. The Labute approximate surface area is 102 Å². The smallest absolute Gasteiger partial charge is 0.123 e. The van der Waals surface area contributed by atoms with Gasteiger partial charge in [0.2, 0.25) is 0 Å². The van der Waals surface area contributed by atoms with Gasteiger partial charge in [-0.15, -0.1) is 0 Å².